The van der Waals surface area contributed by atoms with Gasteiger partial charge in [0.15, 0.2) is 0 Å². The van der Waals surface area contributed by atoms with Gasteiger partial charge in [0.2, 0.25) is 0 Å². The number of amides is 1. The predicted molar refractivity (Wildman–Crippen MR) is 150 cm³/mol. The van der Waals surface area contributed by atoms with Crippen LogP contribution in [-0.2, 0) is 14.3 Å². The summed E-state index contributed by atoms with van der Waals surface area (Å²) < 4.78 is 11.0. The summed E-state index contributed by atoms with van der Waals surface area (Å²) >= 11 is 0. The Morgan fingerprint density at radius 2 is 1.69 bits per heavy atom. The van der Waals surface area contributed by atoms with E-state index in [0.29, 0.717) is 41.5 Å². The van der Waals surface area contributed by atoms with Gasteiger partial charge in [0.05, 0.1) is 30.4 Å². The molecule has 0 aliphatic carbocycles. The quantitative estimate of drug-likeness (QED) is 0.154. The Balaban J connectivity index is 1.80. The van der Waals surface area contributed by atoms with E-state index in [2.05, 4.69) is 0 Å². The van der Waals surface area contributed by atoms with Crippen molar-refractivity contribution in [2.45, 2.75) is 40.2 Å². The molecule has 1 atom stereocenters. The van der Waals surface area contributed by atoms with Crippen LogP contribution >= 0.6 is 0 Å². The van der Waals surface area contributed by atoms with E-state index in [0.717, 1.165) is 5.56 Å². The van der Waals surface area contributed by atoms with E-state index in [1.54, 1.807) is 42.5 Å². The summed E-state index contributed by atoms with van der Waals surface area (Å²) in [5.74, 6) is -1.39. The van der Waals surface area contributed by atoms with Crippen molar-refractivity contribution in [1.29, 1.82) is 0 Å². The fourth-order valence-corrected chi connectivity index (χ4v) is 4.44. The fraction of sp³-hybridized carbons (Fsp3) is 0.281. The van der Waals surface area contributed by atoms with Crippen molar-refractivity contribution in [2.24, 2.45) is 5.92 Å². The molecule has 7 heteroatoms. The van der Waals surface area contributed by atoms with Crippen LogP contribution in [0.2, 0.25) is 0 Å². The van der Waals surface area contributed by atoms with Gasteiger partial charge in [-0.3, -0.25) is 14.5 Å². The van der Waals surface area contributed by atoms with Crippen LogP contribution in [0.3, 0.4) is 0 Å². The molecule has 1 amide bonds. The molecule has 0 spiro atoms. The maximum absolute atomic E-state index is 13.5. The van der Waals surface area contributed by atoms with Crippen LogP contribution in [0.25, 0.3) is 5.76 Å². The molecular weight excluding hydrogens is 494 g/mol. The van der Waals surface area contributed by atoms with Gasteiger partial charge in [-0.05, 0) is 67.3 Å². The van der Waals surface area contributed by atoms with Crippen LogP contribution in [0.5, 0.6) is 5.75 Å². The third-order valence-electron chi connectivity index (χ3n) is 6.31. The molecular formula is C32H33NO6. The number of hydrogen-bond donors (Lipinski definition) is 1. The maximum atomic E-state index is 13.5. The standard InChI is InChI=1S/C32H33NO6/c1-5-16-38-32(37)24-10-7-11-25(18-24)33-28(23-9-6-8-21(4)17-23)27(30(35)31(33)36)29(34)22-12-14-26(15-13-22)39-19-20(2)3/h6-15,17-18,20,28,34H,5,16,19H2,1-4H3/b29-27+. The molecule has 3 aromatic carbocycles. The number of nitrogens with zero attached hydrogens (tertiary/aromatic N) is 1. The van der Waals surface area contributed by atoms with Crippen molar-refractivity contribution in [3.8, 4) is 5.75 Å². The van der Waals surface area contributed by atoms with Gasteiger partial charge in [0.1, 0.15) is 11.5 Å². The van der Waals surface area contributed by atoms with E-state index in [4.69, 9.17) is 9.47 Å². The number of aliphatic hydroxyl groups is 1. The summed E-state index contributed by atoms with van der Waals surface area (Å²) in [6.45, 7) is 8.74. The first-order chi connectivity index (χ1) is 18.7. The zero-order valence-electron chi connectivity index (χ0n) is 22.6. The number of esters is 1. The molecule has 0 radical (unpaired) electrons. The zero-order chi connectivity index (χ0) is 28.1. The number of ether oxygens (including phenoxy) is 2. The number of Topliss-reactive ketones (excluding diaryl/α,β-unsaturated/α-hetero) is 1. The third-order valence-corrected chi connectivity index (χ3v) is 6.31. The van der Waals surface area contributed by atoms with Gasteiger partial charge in [-0.15, -0.1) is 0 Å². The first-order valence-electron chi connectivity index (χ1n) is 13.1. The third kappa shape index (κ3) is 6.03. The lowest BCUT2D eigenvalue weighted by molar-refractivity contribution is -0.132. The molecule has 0 aromatic heterocycles. The predicted octanol–water partition coefficient (Wildman–Crippen LogP) is 6.22. The van der Waals surface area contributed by atoms with Crippen LogP contribution in [0, 0.1) is 12.8 Å². The second-order valence-electron chi connectivity index (χ2n) is 10.00. The smallest absolute Gasteiger partial charge is 0.338 e. The lowest BCUT2D eigenvalue weighted by Crippen LogP contribution is -2.29. The Morgan fingerprint density at radius 3 is 2.36 bits per heavy atom. The molecule has 1 heterocycles. The number of carbonyl (C=O) groups is 3. The van der Waals surface area contributed by atoms with Crippen LogP contribution in [-0.4, -0.2) is 36.0 Å². The molecule has 1 N–H and O–H groups in total. The van der Waals surface area contributed by atoms with Gasteiger partial charge < -0.3 is 14.6 Å². The van der Waals surface area contributed by atoms with Crippen molar-refractivity contribution >= 4 is 29.1 Å². The van der Waals surface area contributed by atoms with Gasteiger partial charge in [-0.25, -0.2) is 4.79 Å². The largest absolute Gasteiger partial charge is 0.507 e. The van der Waals surface area contributed by atoms with Crippen LogP contribution < -0.4 is 9.64 Å². The molecule has 1 fully saturated rings. The van der Waals surface area contributed by atoms with E-state index in [9.17, 15) is 19.5 Å². The summed E-state index contributed by atoms with van der Waals surface area (Å²) in [4.78, 5) is 40.8. The van der Waals surface area contributed by atoms with Gasteiger partial charge in [-0.2, -0.15) is 0 Å². The van der Waals surface area contributed by atoms with Gasteiger partial charge >= 0.3 is 5.97 Å². The highest BCUT2D eigenvalue weighted by atomic mass is 16.5. The summed E-state index contributed by atoms with van der Waals surface area (Å²) in [5, 5.41) is 11.4. The summed E-state index contributed by atoms with van der Waals surface area (Å²) in [5.41, 5.74) is 2.57. The normalized spacial score (nSPS) is 16.5. The Labute approximate surface area is 228 Å². The van der Waals surface area contributed by atoms with E-state index in [1.165, 1.54) is 11.0 Å². The number of hydrogen-bond acceptors (Lipinski definition) is 6. The topological polar surface area (TPSA) is 93.1 Å². The molecule has 1 saturated heterocycles. The van der Waals surface area contributed by atoms with Crippen molar-refractivity contribution in [3.05, 3.63) is 101 Å². The second-order valence-corrected chi connectivity index (χ2v) is 10.00. The molecule has 39 heavy (non-hydrogen) atoms. The number of rotatable bonds is 9. The van der Waals surface area contributed by atoms with Crippen molar-refractivity contribution < 1.29 is 29.0 Å². The average Bonchev–Trinajstić information content (AvgIpc) is 3.20. The second kappa shape index (κ2) is 12.0. The van der Waals surface area contributed by atoms with Gasteiger partial charge in [-0.1, -0.05) is 56.7 Å². The lowest BCUT2D eigenvalue weighted by Gasteiger charge is -2.26. The Kier molecular flexibility index (Phi) is 8.49. The van der Waals surface area contributed by atoms with Gasteiger partial charge in [0.25, 0.3) is 11.7 Å². The number of ketones is 1. The molecule has 4 rings (SSSR count). The highest BCUT2D eigenvalue weighted by molar-refractivity contribution is 6.51. The van der Waals surface area contributed by atoms with E-state index >= 15 is 0 Å². The van der Waals surface area contributed by atoms with E-state index in [1.807, 2.05) is 52.0 Å². The molecule has 3 aromatic rings. The first kappa shape index (κ1) is 27.6. The molecule has 7 nitrogen and oxygen atoms in total. The molecule has 0 bridgehead atoms. The minimum Gasteiger partial charge on any atom is -0.507 e. The average molecular weight is 528 g/mol. The number of carbonyl (C=O) groups excluding carboxylic acids is 3. The minimum absolute atomic E-state index is 0.0274. The van der Waals surface area contributed by atoms with Crippen molar-refractivity contribution in [2.75, 3.05) is 18.1 Å². The summed E-state index contributed by atoms with van der Waals surface area (Å²) in [7, 11) is 0. The Hall–Kier alpha value is -4.39. The monoisotopic (exact) mass is 527 g/mol. The van der Waals surface area contributed by atoms with Crippen LogP contribution in [0.15, 0.2) is 78.4 Å². The van der Waals surface area contributed by atoms with Gasteiger partial charge in [0, 0.05) is 11.3 Å². The fourth-order valence-electron chi connectivity index (χ4n) is 4.44. The number of aryl methyl sites for hydroxylation is 1. The van der Waals surface area contributed by atoms with Crippen molar-refractivity contribution in [3.63, 3.8) is 0 Å². The highest BCUT2D eigenvalue weighted by Gasteiger charge is 2.47. The molecule has 1 aliphatic rings. The Morgan fingerprint density at radius 1 is 0.974 bits per heavy atom. The minimum atomic E-state index is -0.899. The highest BCUT2D eigenvalue weighted by Crippen LogP contribution is 2.42. The zero-order valence-corrected chi connectivity index (χ0v) is 22.6. The van der Waals surface area contributed by atoms with Crippen LogP contribution in [0.4, 0.5) is 5.69 Å². The molecule has 202 valence electrons. The first-order valence-corrected chi connectivity index (χ1v) is 13.1. The number of aliphatic hydroxyl groups excluding tert-OH is 1. The number of benzene rings is 3. The maximum Gasteiger partial charge on any atom is 0.338 e. The number of anilines is 1. The van der Waals surface area contributed by atoms with Crippen LogP contribution in [0.1, 0.15) is 60.3 Å². The lowest BCUT2D eigenvalue weighted by atomic mass is 9.94. The summed E-state index contributed by atoms with van der Waals surface area (Å²) in [6, 6.07) is 19.7. The van der Waals surface area contributed by atoms with E-state index in [-0.39, 0.29) is 23.5 Å². The SMILES string of the molecule is CCCOC(=O)c1cccc(N2C(=O)C(=O)/C(=C(/O)c3ccc(OCC(C)C)cc3)C2c2cccc(C)c2)c1. The Bertz CT molecular complexity index is 1410. The van der Waals surface area contributed by atoms with E-state index < -0.39 is 23.7 Å². The molecule has 0 saturated carbocycles. The molecule has 1 unspecified atom stereocenters. The summed E-state index contributed by atoms with van der Waals surface area (Å²) in [6.07, 6.45) is 0.679. The molecule has 1 aliphatic heterocycles. The van der Waals surface area contributed by atoms with Crippen molar-refractivity contribution in [1.82, 2.24) is 0 Å².